The Labute approximate surface area is 178 Å². The first kappa shape index (κ1) is 20.0. The molecule has 0 saturated carbocycles. The van der Waals surface area contributed by atoms with Gasteiger partial charge in [0, 0.05) is 19.9 Å². The molecule has 1 saturated heterocycles. The van der Waals surface area contributed by atoms with E-state index in [0.29, 0.717) is 11.6 Å². The highest BCUT2D eigenvalue weighted by atomic mass is 32.1. The van der Waals surface area contributed by atoms with Gasteiger partial charge in [-0.15, -0.1) is 10.2 Å². The van der Waals surface area contributed by atoms with Crippen LogP contribution in [0.25, 0.3) is 0 Å². The van der Waals surface area contributed by atoms with Gasteiger partial charge in [-0.05, 0) is 23.3 Å². The minimum atomic E-state index is -0.473. The number of hydrogen-bond acceptors (Lipinski definition) is 6. The van der Waals surface area contributed by atoms with Gasteiger partial charge in [-0.3, -0.25) is 9.59 Å². The van der Waals surface area contributed by atoms with Crippen molar-refractivity contribution >= 4 is 28.3 Å². The van der Waals surface area contributed by atoms with Crippen molar-refractivity contribution in [3.63, 3.8) is 0 Å². The van der Waals surface area contributed by atoms with E-state index in [1.54, 1.807) is 19.1 Å². The lowest BCUT2D eigenvalue weighted by molar-refractivity contribution is -0.127. The molecule has 30 heavy (non-hydrogen) atoms. The zero-order valence-electron chi connectivity index (χ0n) is 16.7. The molecule has 2 atom stereocenters. The maximum absolute atomic E-state index is 13.0. The van der Waals surface area contributed by atoms with E-state index in [9.17, 15) is 9.59 Å². The number of rotatable bonds is 6. The van der Waals surface area contributed by atoms with E-state index in [4.69, 9.17) is 4.74 Å². The number of ether oxygens (including phenoxy) is 1. The second-order valence-electron chi connectivity index (χ2n) is 7.19. The second kappa shape index (κ2) is 8.62. The van der Waals surface area contributed by atoms with Crippen LogP contribution in [0.2, 0.25) is 0 Å². The highest BCUT2D eigenvalue weighted by Gasteiger charge is 2.42. The predicted molar refractivity (Wildman–Crippen MR) is 114 cm³/mol. The van der Waals surface area contributed by atoms with Crippen LogP contribution in [0, 0.1) is 5.92 Å². The van der Waals surface area contributed by atoms with Crippen LogP contribution in [-0.2, 0) is 16.0 Å². The zero-order chi connectivity index (χ0) is 21.1. The fourth-order valence-electron chi connectivity index (χ4n) is 3.70. The first-order valence-electron chi connectivity index (χ1n) is 9.62. The Kier molecular flexibility index (Phi) is 5.76. The number of carbonyl (C=O) groups is 2. The summed E-state index contributed by atoms with van der Waals surface area (Å²) in [6.07, 6.45) is 0.800. The normalized spacial score (nSPS) is 18.5. The molecular formula is C22H22N4O3S. The van der Waals surface area contributed by atoms with E-state index >= 15 is 0 Å². The highest BCUT2D eigenvalue weighted by molar-refractivity contribution is 7.15. The predicted octanol–water partition coefficient (Wildman–Crippen LogP) is 3.30. The van der Waals surface area contributed by atoms with Gasteiger partial charge in [0.05, 0.1) is 19.1 Å². The van der Waals surface area contributed by atoms with E-state index in [2.05, 4.69) is 15.5 Å². The van der Waals surface area contributed by atoms with Crippen LogP contribution < -0.4 is 10.1 Å². The Bertz CT molecular complexity index is 1040. The number of carbonyl (C=O) groups excluding carboxylic acids is 2. The lowest BCUT2D eigenvalue weighted by Crippen LogP contribution is -2.29. The van der Waals surface area contributed by atoms with Gasteiger partial charge in [-0.25, -0.2) is 0 Å². The molecular weight excluding hydrogens is 400 g/mol. The summed E-state index contributed by atoms with van der Waals surface area (Å²) in [7, 11) is 3.37. The van der Waals surface area contributed by atoms with E-state index in [0.717, 1.165) is 21.9 Å². The largest absolute Gasteiger partial charge is 0.497 e. The number of methoxy groups -OCH3 is 1. The Morgan fingerprint density at radius 1 is 1.17 bits per heavy atom. The van der Waals surface area contributed by atoms with Crippen molar-refractivity contribution in [3.05, 3.63) is 70.7 Å². The molecule has 3 aromatic rings. The lowest BCUT2D eigenvalue weighted by Gasteiger charge is -2.24. The van der Waals surface area contributed by atoms with Crippen LogP contribution in [-0.4, -0.2) is 41.1 Å². The van der Waals surface area contributed by atoms with Gasteiger partial charge in [0.2, 0.25) is 16.9 Å². The average Bonchev–Trinajstić information content (AvgIpc) is 3.33. The maximum atomic E-state index is 13.0. The van der Waals surface area contributed by atoms with Crippen LogP contribution in [0.1, 0.15) is 28.6 Å². The average molecular weight is 423 g/mol. The highest BCUT2D eigenvalue weighted by Crippen LogP contribution is 2.37. The summed E-state index contributed by atoms with van der Waals surface area (Å²) in [5, 5.41) is 12.4. The van der Waals surface area contributed by atoms with Gasteiger partial charge >= 0.3 is 0 Å². The van der Waals surface area contributed by atoms with Crippen LogP contribution in [0.3, 0.4) is 0 Å². The molecule has 1 fully saturated rings. The molecule has 154 valence electrons. The molecule has 0 spiro atoms. The Morgan fingerprint density at radius 3 is 2.60 bits per heavy atom. The number of likely N-dealkylation sites (tertiary alicyclic amines) is 1. The molecule has 0 unspecified atom stereocenters. The van der Waals surface area contributed by atoms with Crippen molar-refractivity contribution in [1.82, 2.24) is 15.1 Å². The van der Waals surface area contributed by atoms with Crippen molar-refractivity contribution in [3.8, 4) is 5.75 Å². The molecule has 1 aromatic heterocycles. The number of aromatic nitrogens is 2. The molecule has 0 radical (unpaired) electrons. The molecule has 1 aliphatic rings. The number of benzene rings is 2. The summed E-state index contributed by atoms with van der Waals surface area (Å²) in [5.74, 6) is 0.0713. The third kappa shape index (κ3) is 4.18. The molecule has 4 rings (SSSR count). The first-order valence-corrected chi connectivity index (χ1v) is 10.4. The summed E-state index contributed by atoms with van der Waals surface area (Å²) in [4.78, 5) is 26.9. The molecule has 2 heterocycles. The second-order valence-corrected chi connectivity index (χ2v) is 8.25. The Balaban J connectivity index is 1.45. The SMILES string of the molecule is COc1ccc(Cc2nnc(NC(=O)[C@H]3CC(=O)N(C)[C@H]3c3ccccc3)s2)cc1. The van der Waals surface area contributed by atoms with E-state index in [1.807, 2.05) is 54.6 Å². The number of anilines is 1. The van der Waals surface area contributed by atoms with Gasteiger partial charge in [-0.1, -0.05) is 53.8 Å². The number of amides is 2. The number of hydrogen-bond donors (Lipinski definition) is 1. The zero-order valence-corrected chi connectivity index (χ0v) is 17.6. The Morgan fingerprint density at radius 2 is 1.90 bits per heavy atom. The van der Waals surface area contributed by atoms with Gasteiger partial charge in [0.1, 0.15) is 10.8 Å². The van der Waals surface area contributed by atoms with Crippen LogP contribution in [0.5, 0.6) is 5.75 Å². The summed E-state index contributed by atoms with van der Waals surface area (Å²) in [6.45, 7) is 0. The minimum absolute atomic E-state index is 0.0403. The lowest BCUT2D eigenvalue weighted by atomic mass is 9.93. The van der Waals surface area contributed by atoms with E-state index in [1.165, 1.54) is 11.3 Å². The maximum Gasteiger partial charge on any atom is 0.232 e. The molecule has 2 amide bonds. The van der Waals surface area contributed by atoms with Crippen molar-refractivity contribution in [2.45, 2.75) is 18.9 Å². The topological polar surface area (TPSA) is 84.4 Å². The minimum Gasteiger partial charge on any atom is -0.497 e. The molecule has 1 aliphatic heterocycles. The summed E-state index contributed by atoms with van der Waals surface area (Å²) >= 11 is 1.34. The van der Waals surface area contributed by atoms with Crippen molar-refractivity contribution < 1.29 is 14.3 Å². The quantitative estimate of drug-likeness (QED) is 0.659. The third-order valence-electron chi connectivity index (χ3n) is 5.28. The standard InChI is InChI=1S/C22H22N4O3S/c1-26-19(27)13-17(20(26)15-6-4-3-5-7-15)21(28)23-22-25-24-18(30-22)12-14-8-10-16(29-2)11-9-14/h3-11,17,20H,12-13H2,1-2H3,(H,23,25,28)/t17-,20-/m0/s1. The van der Waals surface area contributed by atoms with Gasteiger partial charge in [0.15, 0.2) is 0 Å². The first-order chi connectivity index (χ1) is 14.5. The molecule has 0 aliphatic carbocycles. The van der Waals surface area contributed by atoms with Crippen molar-refractivity contribution in [2.24, 2.45) is 5.92 Å². The number of nitrogens with one attached hydrogen (secondary N) is 1. The van der Waals surface area contributed by atoms with Crippen LogP contribution in [0.15, 0.2) is 54.6 Å². The molecule has 2 aromatic carbocycles. The molecule has 0 bridgehead atoms. The summed E-state index contributed by atoms with van der Waals surface area (Å²) in [5.41, 5.74) is 2.03. The Hall–Kier alpha value is -3.26. The van der Waals surface area contributed by atoms with Crippen molar-refractivity contribution in [1.29, 1.82) is 0 Å². The number of nitrogens with zero attached hydrogens (tertiary/aromatic N) is 3. The molecule has 7 nitrogen and oxygen atoms in total. The van der Waals surface area contributed by atoms with Crippen LogP contribution >= 0.6 is 11.3 Å². The van der Waals surface area contributed by atoms with Gasteiger partial charge < -0.3 is 15.0 Å². The summed E-state index contributed by atoms with van der Waals surface area (Å²) < 4.78 is 5.17. The van der Waals surface area contributed by atoms with Gasteiger partial charge in [-0.2, -0.15) is 0 Å². The third-order valence-corrected chi connectivity index (χ3v) is 6.11. The van der Waals surface area contributed by atoms with Crippen LogP contribution in [0.4, 0.5) is 5.13 Å². The van der Waals surface area contributed by atoms with Gasteiger partial charge in [0.25, 0.3) is 0 Å². The molecule has 1 N–H and O–H groups in total. The van der Waals surface area contributed by atoms with Crippen molar-refractivity contribution in [2.75, 3.05) is 19.5 Å². The fraction of sp³-hybridized carbons (Fsp3) is 0.273. The van der Waals surface area contributed by atoms with E-state index < -0.39 is 5.92 Å². The monoisotopic (exact) mass is 422 g/mol. The fourth-order valence-corrected chi connectivity index (χ4v) is 4.48. The molecule has 8 heteroatoms. The smallest absolute Gasteiger partial charge is 0.232 e. The van der Waals surface area contributed by atoms with E-state index in [-0.39, 0.29) is 24.3 Å². The summed E-state index contributed by atoms with van der Waals surface area (Å²) in [6, 6.07) is 17.1.